The Morgan fingerprint density at radius 1 is 1.38 bits per heavy atom. The molecule has 4 heteroatoms. The molecular formula is C12H14BrNOS. The average Bonchev–Trinajstić information content (AvgIpc) is 2.89. The minimum atomic E-state index is 0.150. The van der Waals surface area contributed by atoms with Crippen molar-refractivity contribution in [1.29, 1.82) is 0 Å². The van der Waals surface area contributed by atoms with Crippen LogP contribution in [-0.4, -0.2) is 7.05 Å². The van der Waals surface area contributed by atoms with Gasteiger partial charge in [0, 0.05) is 11.3 Å². The molecule has 1 atom stereocenters. The Morgan fingerprint density at radius 2 is 2.19 bits per heavy atom. The second kappa shape index (κ2) is 5.17. The maximum Gasteiger partial charge on any atom is 0.126 e. The first-order valence-electron chi connectivity index (χ1n) is 5.25. The van der Waals surface area contributed by atoms with Crippen molar-refractivity contribution in [1.82, 2.24) is 5.32 Å². The van der Waals surface area contributed by atoms with Crippen molar-refractivity contribution >= 4 is 27.3 Å². The first-order valence-corrected chi connectivity index (χ1v) is 6.86. The highest BCUT2D eigenvalue weighted by molar-refractivity contribution is 9.11. The van der Waals surface area contributed by atoms with Crippen LogP contribution in [0.25, 0.3) is 0 Å². The third-order valence-electron chi connectivity index (χ3n) is 2.48. The number of hydrogen-bond donors (Lipinski definition) is 1. The summed E-state index contributed by atoms with van der Waals surface area (Å²) in [5, 5.41) is 3.28. The summed E-state index contributed by atoms with van der Waals surface area (Å²) < 4.78 is 6.92. The average molecular weight is 300 g/mol. The lowest BCUT2D eigenvalue weighted by Gasteiger charge is -2.11. The monoisotopic (exact) mass is 299 g/mol. The molecule has 0 aliphatic carbocycles. The summed E-state index contributed by atoms with van der Waals surface area (Å²) in [6.45, 7) is 2.10. The van der Waals surface area contributed by atoms with Crippen LogP contribution in [0.5, 0.6) is 0 Å². The molecule has 2 aromatic heterocycles. The SMILES string of the molecule is CCc1ccc(C(NC)c2ccc(Br)s2)o1. The predicted octanol–water partition coefficient (Wildman–Crippen LogP) is 3.97. The zero-order valence-corrected chi connectivity index (χ0v) is 11.7. The summed E-state index contributed by atoms with van der Waals surface area (Å²) in [5.41, 5.74) is 0. The molecule has 16 heavy (non-hydrogen) atoms. The molecule has 2 aromatic rings. The molecule has 0 aliphatic heterocycles. The fourth-order valence-electron chi connectivity index (χ4n) is 1.65. The van der Waals surface area contributed by atoms with Gasteiger partial charge in [-0.15, -0.1) is 11.3 Å². The number of thiophene rings is 1. The number of aryl methyl sites for hydroxylation is 1. The highest BCUT2D eigenvalue weighted by Gasteiger charge is 2.17. The third-order valence-corrected chi connectivity index (χ3v) is 4.17. The zero-order chi connectivity index (χ0) is 11.5. The van der Waals surface area contributed by atoms with Crippen LogP contribution in [0, 0.1) is 0 Å². The molecular weight excluding hydrogens is 286 g/mol. The molecule has 2 rings (SSSR count). The molecule has 0 aromatic carbocycles. The van der Waals surface area contributed by atoms with E-state index < -0.39 is 0 Å². The molecule has 1 N–H and O–H groups in total. The summed E-state index contributed by atoms with van der Waals surface area (Å²) in [7, 11) is 1.95. The molecule has 0 saturated carbocycles. The van der Waals surface area contributed by atoms with Crippen LogP contribution in [0.4, 0.5) is 0 Å². The fraction of sp³-hybridized carbons (Fsp3) is 0.333. The highest BCUT2D eigenvalue weighted by atomic mass is 79.9. The van der Waals surface area contributed by atoms with Crippen molar-refractivity contribution in [3.05, 3.63) is 44.4 Å². The Hall–Kier alpha value is -0.580. The van der Waals surface area contributed by atoms with Gasteiger partial charge in [0.1, 0.15) is 17.6 Å². The highest BCUT2D eigenvalue weighted by Crippen LogP contribution is 2.31. The van der Waals surface area contributed by atoms with Crippen LogP contribution in [0.1, 0.15) is 29.4 Å². The molecule has 2 nitrogen and oxygen atoms in total. The largest absolute Gasteiger partial charge is 0.464 e. The van der Waals surface area contributed by atoms with Gasteiger partial charge in [0.05, 0.1) is 3.79 Å². The topological polar surface area (TPSA) is 25.2 Å². The summed E-state index contributed by atoms with van der Waals surface area (Å²) >= 11 is 5.21. The minimum absolute atomic E-state index is 0.150. The predicted molar refractivity (Wildman–Crippen MR) is 71.0 cm³/mol. The quantitative estimate of drug-likeness (QED) is 0.924. The molecule has 2 heterocycles. The van der Waals surface area contributed by atoms with E-state index in [1.807, 2.05) is 19.2 Å². The van der Waals surface area contributed by atoms with Gasteiger partial charge in [0.25, 0.3) is 0 Å². The lowest BCUT2D eigenvalue weighted by atomic mass is 10.2. The first-order chi connectivity index (χ1) is 7.74. The van der Waals surface area contributed by atoms with Gasteiger partial charge >= 0.3 is 0 Å². The summed E-state index contributed by atoms with van der Waals surface area (Å²) in [5.74, 6) is 2.01. The molecule has 0 fully saturated rings. The minimum Gasteiger partial charge on any atom is -0.464 e. The molecule has 86 valence electrons. The molecule has 0 bridgehead atoms. The van der Waals surface area contributed by atoms with Gasteiger partial charge in [0.2, 0.25) is 0 Å². The molecule has 0 amide bonds. The Kier molecular flexibility index (Phi) is 3.84. The van der Waals surface area contributed by atoms with Gasteiger partial charge in [-0.05, 0) is 47.2 Å². The third kappa shape index (κ3) is 2.39. The van der Waals surface area contributed by atoms with E-state index in [0.29, 0.717) is 0 Å². The van der Waals surface area contributed by atoms with Crippen molar-refractivity contribution < 1.29 is 4.42 Å². The molecule has 0 aliphatic rings. The van der Waals surface area contributed by atoms with Crippen molar-refractivity contribution in [2.75, 3.05) is 7.05 Å². The van der Waals surface area contributed by atoms with Gasteiger partial charge < -0.3 is 9.73 Å². The van der Waals surface area contributed by atoms with E-state index in [-0.39, 0.29) is 6.04 Å². The smallest absolute Gasteiger partial charge is 0.126 e. The molecule has 0 spiro atoms. The molecule has 1 unspecified atom stereocenters. The van der Waals surface area contributed by atoms with E-state index in [4.69, 9.17) is 4.42 Å². The van der Waals surface area contributed by atoms with Gasteiger partial charge in [-0.25, -0.2) is 0 Å². The Bertz CT molecular complexity index is 463. The number of furan rings is 1. The molecule has 0 radical (unpaired) electrons. The van der Waals surface area contributed by atoms with E-state index in [2.05, 4.69) is 40.3 Å². The van der Waals surface area contributed by atoms with Crippen LogP contribution < -0.4 is 5.32 Å². The van der Waals surface area contributed by atoms with Gasteiger partial charge in [0.15, 0.2) is 0 Å². The van der Waals surface area contributed by atoms with Crippen molar-refractivity contribution in [3.8, 4) is 0 Å². The van der Waals surface area contributed by atoms with Crippen molar-refractivity contribution in [2.45, 2.75) is 19.4 Å². The van der Waals surface area contributed by atoms with E-state index in [1.54, 1.807) is 11.3 Å². The van der Waals surface area contributed by atoms with Crippen LogP contribution in [-0.2, 0) is 6.42 Å². The second-order valence-corrected chi connectivity index (χ2v) is 6.02. The Morgan fingerprint density at radius 3 is 2.69 bits per heavy atom. The first kappa shape index (κ1) is 11.9. The number of hydrogen-bond acceptors (Lipinski definition) is 3. The van der Waals surface area contributed by atoms with Crippen molar-refractivity contribution in [2.24, 2.45) is 0 Å². The zero-order valence-electron chi connectivity index (χ0n) is 9.29. The lowest BCUT2D eigenvalue weighted by Crippen LogP contribution is -2.15. The standard InChI is InChI=1S/C12H14BrNOS/c1-3-8-4-5-9(15-8)12(14-2)10-6-7-11(13)16-10/h4-7,12,14H,3H2,1-2H3. The van der Waals surface area contributed by atoms with E-state index in [1.165, 1.54) is 4.88 Å². The maximum absolute atomic E-state index is 5.78. The number of halogens is 1. The normalized spacial score (nSPS) is 12.9. The van der Waals surface area contributed by atoms with Gasteiger partial charge in [-0.2, -0.15) is 0 Å². The van der Waals surface area contributed by atoms with E-state index in [9.17, 15) is 0 Å². The summed E-state index contributed by atoms with van der Waals surface area (Å²) in [6.07, 6.45) is 0.935. The van der Waals surface area contributed by atoms with Crippen LogP contribution in [0.2, 0.25) is 0 Å². The maximum atomic E-state index is 5.78. The van der Waals surface area contributed by atoms with Gasteiger partial charge in [-0.3, -0.25) is 0 Å². The van der Waals surface area contributed by atoms with Crippen LogP contribution in [0.3, 0.4) is 0 Å². The Balaban J connectivity index is 2.28. The van der Waals surface area contributed by atoms with Crippen LogP contribution >= 0.6 is 27.3 Å². The summed E-state index contributed by atoms with van der Waals surface area (Å²) in [4.78, 5) is 1.26. The van der Waals surface area contributed by atoms with Crippen LogP contribution in [0.15, 0.2) is 32.5 Å². The number of rotatable bonds is 4. The second-order valence-electron chi connectivity index (χ2n) is 3.52. The van der Waals surface area contributed by atoms with E-state index >= 15 is 0 Å². The summed E-state index contributed by atoms with van der Waals surface area (Å²) in [6, 6.07) is 8.42. The lowest BCUT2D eigenvalue weighted by molar-refractivity contribution is 0.436. The van der Waals surface area contributed by atoms with Crippen molar-refractivity contribution in [3.63, 3.8) is 0 Å². The fourth-order valence-corrected chi connectivity index (χ4v) is 3.19. The number of nitrogens with one attached hydrogen (secondary N) is 1. The van der Waals surface area contributed by atoms with Gasteiger partial charge in [-0.1, -0.05) is 6.92 Å². The Labute approximate surface area is 108 Å². The van der Waals surface area contributed by atoms with E-state index in [0.717, 1.165) is 21.7 Å². The molecule has 0 saturated heterocycles.